The zero-order chi connectivity index (χ0) is 15.2. The van der Waals surface area contributed by atoms with Crippen molar-refractivity contribution >= 4 is 7.37 Å². The highest BCUT2D eigenvalue weighted by Crippen LogP contribution is 2.43. The smallest absolute Gasteiger partial charge is 0.200 e. The quantitative estimate of drug-likeness (QED) is 0.460. The Bertz CT molecular complexity index is 258. The van der Waals surface area contributed by atoms with Gasteiger partial charge in [-0.3, -0.25) is 4.57 Å². The van der Waals surface area contributed by atoms with Crippen molar-refractivity contribution in [1.82, 2.24) is 0 Å². The van der Waals surface area contributed by atoms with Crippen LogP contribution in [0.3, 0.4) is 0 Å². The Hall–Kier alpha value is 0.190. The number of unbranched alkanes of at least 4 members (excludes halogenated alkanes) is 2. The maximum atomic E-state index is 12.0. The predicted molar refractivity (Wildman–Crippen MR) is 86.2 cm³/mol. The maximum Gasteiger partial charge on any atom is 0.200 e. The molecule has 0 unspecified atom stereocenters. The predicted octanol–water partition coefficient (Wildman–Crippen LogP) is 5.69. The van der Waals surface area contributed by atoms with Gasteiger partial charge in [-0.25, -0.2) is 0 Å². The van der Waals surface area contributed by atoms with Crippen LogP contribution in [0.4, 0.5) is 0 Å². The van der Waals surface area contributed by atoms with Crippen molar-refractivity contribution in [3.63, 3.8) is 0 Å². The second-order valence-electron chi connectivity index (χ2n) is 8.33. The topological polar surface area (TPSA) is 37.3 Å². The molecule has 116 valence electrons. The molecule has 0 bridgehead atoms. The van der Waals surface area contributed by atoms with Crippen molar-refractivity contribution in [3.05, 3.63) is 0 Å². The molecule has 0 aromatic heterocycles. The van der Waals surface area contributed by atoms with Crippen molar-refractivity contribution in [2.75, 3.05) is 12.3 Å². The molecule has 3 heteroatoms. The lowest BCUT2D eigenvalue weighted by atomic mass is 9.90. The van der Waals surface area contributed by atoms with Crippen LogP contribution in [0.2, 0.25) is 0 Å². The summed E-state index contributed by atoms with van der Waals surface area (Å²) in [6, 6.07) is 0. The summed E-state index contributed by atoms with van der Waals surface area (Å²) in [5.74, 6) is 0. The van der Waals surface area contributed by atoms with Gasteiger partial charge in [-0.05, 0) is 36.5 Å². The third-order valence-electron chi connectivity index (χ3n) is 3.37. The van der Waals surface area contributed by atoms with E-state index in [2.05, 4.69) is 41.5 Å². The molecule has 0 aromatic carbocycles. The van der Waals surface area contributed by atoms with Gasteiger partial charge in [0.15, 0.2) is 0 Å². The third-order valence-corrected chi connectivity index (χ3v) is 5.40. The summed E-state index contributed by atoms with van der Waals surface area (Å²) >= 11 is 0. The fraction of sp³-hybridized carbons (Fsp3) is 1.00. The molecule has 0 saturated carbocycles. The summed E-state index contributed by atoms with van der Waals surface area (Å²) < 4.78 is 12.0. The number of hydrogen-bond donors (Lipinski definition) is 1. The summed E-state index contributed by atoms with van der Waals surface area (Å²) in [7, 11) is -2.86. The largest absolute Gasteiger partial charge is 0.344 e. The molecule has 19 heavy (non-hydrogen) atoms. The van der Waals surface area contributed by atoms with Gasteiger partial charge in [0.05, 0.1) is 0 Å². The van der Waals surface area contributed by atoms with E-state index in [9.17, 15) is 9.46 Å². The van der Waals surface area contributed by atoms with Crippen LogP contribution in [0.1, 0.15) is 80.1 Å². The van der Waals surface area contributed by atoms with Crippen molar-refractivity contribution in [2.45, 2.75) is 80.1 Å². The molecule has 0 fully saturated rings. The monoisotopic (exact) mass is 290 g/mol. The van der Waals surface area contributed by atoms with E-state index in [4.69, 9.17) is 0 Å². The first-order valence-corrected chi connectivity index (χ1v) is 9.75. The molecular formula is C16H35O2P. The summed E-state index contributed by atoms with van der Waals surface area (Å²) in [5, 5.41) is 0. The lowest BCUT2D eigenvalue weighted by Gasteiger charge is -2.19. The second-order valence-corrected chi connectivity index (χ2v) is 10.9. The van der Waals surface area contributed by atoms with Gasteiger partial charge in [0.1, 0.15) is 0 Å². The van der Waals surface area contributed by atoms with E-state index in [1.54, 1.807) is 0 Å². The molecular weight excluding hydrogens is 255 g/mol. The van der Waals surface area contributed by atoms with Gasteiger partial charge in [-0.1, -0.05) is 54.4 Å². The van der Waals surface area contributed by atoms with Crippen LogP contribution < -0.4 is 0 Å². The standard InChI is InChI=1S/C16H35O2P/c1-15(2,3)11-7-9-13-19(17,18)14-10-8-12-16(4,5)6/h7-14H2,1-6H3,(H,17,18). The minimum atomic E-state index is -2.86. The maximum absolute atomic E-state index is 12.0. The summed E-state index contributed by atoms with van der Waals surface area (Å²) in [6.07, 6.45) is 7.21. The lowest BCUT2D eigenvalue weighted by molar-refractivity contribution is 0.360. The summed E-state index contributed by atoms with van der Waals surface area (Å²) in [5.41, 5.74) is 0.679. The van der Waals surface area contributed by atoms with E-state index in [0.717, 1.165) is 38.5 Å². The van der Waals surface area contributed by atoms with Crippen LogP contribution in [0, 0.1) is 10.8 Å². The Morgan fingerprint density at radius 3 is 1.32 bits per heavy atom. The molecule has 0 aromatic rings. The van der Waals surface area contributed by atoms with Crippen molar-refractivity contribution in [2.24, 2.45) is 10.8 Å². The first-order valence-electron chi connectivity index (χ1n) is 7.72. The van der Waals surface area contributed by atoms with Crippen LogP contribution >= 0.6 is 7.37 Å². The summed E-state index contributed by atoms with van der Waals surface area (Å²) in [6.45, 7) is 13.3. The van der Waals surface area contributed by atoms with Crippen LogP contribution in [0.25, 0.3) is 0 Å². The van der Waals surface area contributed by atoms with Gasteiger partial charge in [0.2, 0.25) is 7.37 Å². The zero-order valence-corrected chi connectivity index (χ0v) is 14.9. The fourth-order valence-corrected chi connectivity index (χ4v) is 3.80. The molecule has 0 aliphatic heterocycles. The van der Waals surface area contributed by atoms with Crippen LogP contribution in [0.5, 0.6) is 0 Å². The molecule has 0 aliphatic rings. The average Bonchev–Trinajstić information content (AvgIpc) is 2.17. The van der Waals surface area contributed by atoms with E-state index in [1.165, 1.54) is 0 Å². The first-order chi connectivity index (χ1) is 8.41. The van der Waals surface area contributed by atoms with Crippen molar-refractivity contribution < 1.29 is 9.46 Å². The Morgan fingerprint density at radius 1 is 0.737 bits per heavy atom. The zero-order valence-electron chi connectivity index (χ0n) is 14.0. The fourth-order valence-electron chi connectivity index (χ4n) is 2.14. The van der Waals surface area contributed by atoms with Crippen LogP contribution in [0.15, 0.2) is 0 Å². The van der Waals surface area contributed by atoms with E-state index in [0.29, 0.717) is 23.2 Å². The number of rotatable bonds is 8. The normalized spacial score (nSPS) is 13.8. The van der Waals surface area contributed by atoms with E-state index < -0.39 is 7.37 Å². The molecule has 0 heterocycles. The molecule has 0 atom stereocenters. The van der Waals surface area contributed by atoms with Gasteiger partial charge in [0, 0.05) is 12.3 Å². The minimum absolute atomic E-state index is 0.339. The van der Waals surface area contributed by atoms with Gasteiger partial charge >= 0.3 is 0 Å². The van der Waals surface area contributed by atoms with Gasteiger partial charge in [-0.2, -0.15) is 0 Å². The molecule has 1 N–H and O–H groups in total. The van der Waals surface area contributed by atoms with E-state index in [1.807, 2.05) is 0 Å². The van der Waals surface area contributed by atoms with Gasteiger partial charge in [-0.15, -0.1) is 0 Å². The highest BCUT2D eigenvalue weighted by molar-refractivity contribution is 7.57. The molecule has 0 aliphatic carbocycles. The molecule has 0 spiro atoms. The third kappa shape index (κ3) is 14.4. The van der Waals surface area contributed by atoms with Crippen molar-refractivity contribution in [1.29, 1.82) is 0 Å². The highest BCUT2D eigenvalue weighted by atomic mass is 31.2. The Kier molecular flexibility index (Phi) is 7.91. The number of hydrogen-bond acceptors (Lipinski definition) is 1. The van der Waals surface area contributed by atoms with E-state index >= 15 is 0 Å². The first kappa shape index (κ1) is 19.2. The molecule has 0 amide bonds. The Labute approximate surface area is 120 Å². The summed E-state index contributed by atoms with van der Waals surface area (Å²) in [4.78, 5) is 9.93. The Balaban J connectivity index is 3.72. The minimum Gasteiger partial charge on any atom is -0.344 e. The van der Waals surface area contributed by atoms with Crippen LogP contribution in [-0.4, -0.2) is 17.2 Å². The average molecular weight is 290 g/mol. The molecule has 2 nitrogen and oxygen atoms in total. The highest BCUT2D eigenvalue weighted by Gasteiger charge is 2.19. The van der Waals surface area contributed by atoms with Crippen LogP contribution in [-0.2, 0) is 4.57 Å². The molecule has 0 rings (SSSR count). The molecule has 0 radical (unpaired) electrons. The van der Waals surface area contributed by atoms with Gasteiger partial charge < -0.3 is 4.89 Å². The van der Waals surface area contributed by atoms with Crippen molar-refractivity contribution in [3.8, 4) is 0 Å². The SMILES string of the molecule is CC(C)(C)CCCCP(=O)(O)CCCCC(C)(C)C. The van der Waals surface area contributed by atoms with E-state index in [-0.39, 0.29) is 0 Å². The lowest BCUT2D eigenvalue weighted by Crippen LogP contribution is -2.06. The Morgan fingerprint density at radius 2 is 1.05 bits per heavy atom. The second kappa shape index (κ2) is 7.84. The molecule has 0 saturated heterocycles. The van der Waals surface area contributed by atoms with Gasteiger partial charge in [0.25, 0.3) is 0 Å².